The lowest BCUT2D eigenvalue weighted by atomic mass is 10.2. The van der Waals surface area contributed by atoms with E-state index in [4.69, 9.17) is 18.0 Å². The molecule has 0 saturated carbocycles. The van der Waals surface area contributed by atoms with Gasteiger partial charge in [-0.25, -0.2) is 4.79 Å². The van der Waals surface area contributed by atoms with Gasteiger partial charge in [-0.1, -0.05) is 13.5 Å². The van der Waals surface area contributed by atoms with Gasteiger partial charge in [-0.2, -0.15) is 0 Å². The second-order valence-corrected chi connectivity index (χ2v) is 8.10. The van der Waals surface area contributed by atoms with Gasteiger partial charge < -0.3 is 22.5 Å². The van der Waals surface area contributed by atoms with Crippen LogP contribution in [0.15, 0.2) is 12.7 Å². The molecule has 6 nitrogen and oxygen atoms in total. The van der Waals surface area contributed by atoms with Crippen LogP contribution in [0.1, 0.15) is 20.3 Å². The van der Waals surface area contributed by atoms with Crippen molar-refractivity contribution in [1.29, 1.82) is 0 Å². The predicted octanol–water partition coefficient (Wildman–Crippen LogP) is 0.886. The number of fused-ring (bicyclic) bond motifs is 6. The van der Waals surface area contributed by atoms with Crippen LogP contribution in [0.5, 0.6) is 0 Å². The molecule has 0 spiro atoms. The molecule has 3 saturated heterocycles. The number of ether oxygens (including phenoxy) is 1. The van der Waals surface area contributed by atoms with Crippen molar-refractivity contribution in [2.24, 2.45) is 0 Å². The van der Waals surface area contributed by atoms with E-state index in [0.29, 0.717) is 13.2 Å². The predicted molar refractivity (Wildman–Crippen MR) is 79.4 cm³/mol. The molecule has 3 aliphatic heterocycles. The first-order valence-corrected chi connectivity index (χ1v) is 9.60. The van der Waals surface area contributed by atoms with E-state index in [-0.39, 0.29) is 12.3 Å². The monoisotopic (exact) mass is 316 g/mol. The Bertz CT molecular complexity index is 380. The first-order valence-electron chi connectivity index (χ1n) is 7.67. The summed E-state index contributed by atoms with van der Waals surface area (Å²) in [6.07, 6.45) is 2.20. The Morgan fingerprint density at radius 1 is 1.38 bits per heavy atom. The Balaban J connectivity index is 2.14. The molecule has 3 aliphatic rings. The lowest BCUT2D eigenvalue weighted by Gasteiger charge is -2.47. The van der Waals surface area contributed by atoms with Crippen LogP contribution in [-0.2, 0) is 22.8 Å². The van der Waals surface area contributed by atoms with Crippen LogP contribution in [0.4, 0.5) is 0 Å². The molecule has 0 radical (unpaired) electrons. The van der Waals surface area contributed by atoms with Crippen molar-refractivity contribution in [2.75, 3.05) is 45.6 Å². The zero-order chi connectivity index (χ0) is 15.3. The normalized spacial score (nSPS) is 36.4. The first kappa shape index (κ1) is 16.6. The topological polar surface area (TPSA) is 54.0 Å². The summed E-state index contributed by atoms with van der Waals surface area (Å²) >= 11 is 0. The number of quaternary nitrogens is 1. The molecule has 2 bridgehead atoms. The molecule has 0 N–H and O–H groups in total. The summed E-state index contributed by atoms with van der Waals surface area (Å²) in [5.74, 6) is -0.469. The standard InChI is InChI=1S/C14H26NO5Si/c1-4-13-11-15(6-3)7-9-18-21(20-13,19-10-8-15)12-17-14(16)5-2/h5,13H,2,4,6-12H2,1,3H3/q+1. The van der Waals surface area contributed by atoms with Crippen molar-refractivity contribution < 1.29 is 27.3 Å². The molecule has 120 valence electrons. The molecule has 0 aliphatic carbocycles. The smallest absolute Gasteiger partial charge is 0.458 e. The number of esters is 1. The Morgan fingerprint density at radius 3 is 2.57 bits per heavy atom. The molecule has 0 aromatic carbocycles. The lowest BCUT2D eigenvalue weighted by Crippen LogP contribution is -2.66. The van der Waals surface area contributed by atoms with E-state index in [0.717, 1.165) is 43.2 Å². The molecule has 0 aromatic heterocycles. The molecule has 21 heavy (non-hydrogen) atoms. The molecule has 0 amide bonds. The van der Waals surface area contributed by atoms with Gasteiger partial charge in [0.05, 0.1) is 25.9 Å². The maximum Gasteiger partial charge on any atom is 0.541 e. The summed E-state index contributed by atoms with van der Waals surface area (Å²) < 4.78 is 24.3. The number of rotatable bonds is 5. The van der Waals surface area contributed by atoms with Crippen molar-refractivity contribution in [1.82, 2.24) is 0 Å². The van der Waals surface area contributed by atoms with E-state index in [1.54, 1.807) is 0 Å². The molecule has 3 heterocycles. The van der Waals surface area contributed by atoms with Crippen molar-refractivity contribution in [2.45, 2.75) is 26.4 Å². The third-order valence-electron chi connectivity index (χ3n) is 4.40. The van der Waals surface area contributed by atoms with Gasteiger partial charge in [0.2, 0.25) is 0 Å². The van der Waals surface area contributed by atoms with Gasteiger partial charge in [-0.15, -0.1) is 0 Å². The molecule has 1 atom stereocenters. The fraction of sp³-hybridized carbons (Fsp3) is 0.786. The van der Waals surface area contributed by atoms with Gasteiger partial charge in [-0.3, -0.25) is 0 Å². The quantitative estimate of drug-likeness (QED) is 0.326. The van der Waals surface area contributed by atoms with E-state index in [1.165, 1.54) is 0 Å². The van der Waals surface area contributed by atoms with Gasteiger partial charge in [0.15, 0.2) is 6.23 Å². The Labute approximate surface area is 127 Å². The lowest BCUT2D eigenvalue weighted by molar-refractivity contribution is -0.931. The Hall–Kier alpha value is -0.733. The van der Waals surface area contributed by atoms with Crippen molar-refractivity contribution >= 4 is 14.8 Å². The minimum absolute atomic E-state index is 0.0699. The summed E-state index contributed by atoms with van der Waals surface area (Å²) in [6, 6.07) is 0. The number of carbonyl (C=O) groups is 1. The molecule has 3 fully saturated rings. The molecule has 1 unspecified atom stereocenters. The maximum absolute atomic E-state index is 11.3. The highest BCUT2D eigenvalue weighted by atomic mass is 28.4. The first-order chi connectivity index (χ1) is 10.1. The average molecular weight is 316 g/mol. The SMILES string of the molecule is C=CC(=O)OC[Si]12OCC[N+](CC)(CCO1)CC(CC)O2. The summed E-state index contributed by atoms with van der Waals surface area (Å²) in [6.45, 7) is 12.8. The van der Waals surface area contributed by atoms with Crippen molar-refractivity contribution in [3.63, 3.8) is 0 Å². The highest BCUT2D eigenvalue weighted by molar-refractivity contribution is 6.60. The largest absolute Gasteiger partial charge is 0.541 e. The minimum atomic E-state index is -2.94. The summed E-state index contributed by atoms with van der Waals surface area (Å²) in [5.41, 5.74) is 0. The van der Waals surface area contributed by atoms with Crippen LogP contribution >= 0.6 is 0 Å². The van der Waals surface area contributed by atoms with Gasteiger partial charge >= 0.3 is 14.8 Å². The third-order valence-corrected chi connectivity index (χ3v) is 6.87. The van der Waals surface area contributed by atoms with Gasteiger partial charge in [0, 0.05) is 6.08 Å². The molecule has 7 heteroatoms. The number of hydrogen-bond acceptors (Lipinski definition) is 5. The van der Waals surface area contributed by atoms with Crippen LogP contribution < -0.4 is 0 Å². The van der Waals surface area contributed by atoms with Gasteiger partial charge in [0.1, 0.15) is 19.6 Å². The number of carbonyl (C=O) groups excluding carboxylic acids is 1. The molecular formula is C14H26NO5Si+. The third kappa shape index (κ3) is 3.92. The summed E-state index contributed by atoms with van der Waals surface area (Å²) in [5, 5.41) is 0. The number of hydrogen-bond donors (Lipinski definition) is 0. The summed E-state index contributed by atoms with van der Waals surface area (Å²) in [7, 11) is -2.94. The van der Waals surface area contributed by atoms with E-state index in [1.807, 2.05) is 0 Å². The summed E-state index contributed by atoms with van der Waals surface area (Å²) in [4.78, 5) is 11.3. The van der Waals surface area contributed by atoms with E-state index in [9.17, 15) is 4.79 Å². The second-order valence-electron chi connectivity index (χ2n) is 5.63. The van der Waals surface area contributed by atoms with Crippen LogP contribution in [-0.4, -0.2) is 71.0 Å². The number of likely N-dealkylation sites (N-methyl/N-ethyl adjacent to an activating group) is 1. The molecular weight excluding hydrogens is 290 g/mol. The van der Waals surface area contributed by atoms with Crippen LogP contribution in [0.25, 0.3) is 0 Å². The fourth-order valence-corrected chi connectivity index (χ4v) is 5.24. The van der Waals surface area contributed by atoms with E-state index >= 15 is 0 Å². The van der Waals surface area contributed by atoms with Gasteiger partial charge in [-0.05, 0) is 13.3 Å². The maximum atomic E-state index is 11.3. The Morgan fingerprint density at radius 2 is 2.05 bits per heavy atom. The van der Waals surface area contributed by atoms with Crippen molar-refractivity contribution in [3.8, 4) is 0 Å². The minimum Gasteiger partial charge on any atom is -0.458 e. The van der Waals surface area contributed by atoms with E-state index in [2.05, 4.69) is 20.4 Å². The number of nitrogens with zero attached hydrogens (tertiary/aromatic N) is 1. The molecule has 3 rings (SSSR count). The van der Waals surface area contributed by atoms with Crippen LogP contribution in [0, 0.1) is 0 Å². The average Bonchev–Trinajstić information content (AvgIpc) is 2.45. The zero-order valence-electron chi connectivity index (χ0n) is 13.0. The molecule has 0 aromatic rings. The van der Waals surface area contributed by atoms with Crippen LogP contribution in [0.3, 0.4) is 0 Å². The highest BCUT2D eigenvalue weighted by Crippen LogP contribution is 2.25. The van der Waals surface area contributed by atoms with Crippen LogP contribution in [0.2, 0.25) is 0 Å². The highest BCUT2D eigenvalue weighted by Gasteiger charge is 2.51. The zero-order valence-corrected chi connectivity index (χ0v) is 14.0. The van der Waals surface area contributed by atoms with Gasteiger partial charge in [0.25, 0.3) is 0 Å². The van der Waals surface area contributed by atoms with E-state index < -0.39 is 14.8 Å². The van der Waals surface area contributed by atoms with Crippen molar-refractivity contribution in [3.05, 3.63) is 12.7 Å². The fourth-order valence-electron chi connectivity index (χ4n) is 2.91. The second kappa shape index (κ2) is 7.02. The Kier molecular flexibility index (Phi) is 5.56.